The number of hydrogen-bond donors (Lipinski definition) is 0. The minimum Gasteiger partial charge on any atom is -0.494 e. The molecule has 0 aliphatic rings. The van der Waals surface area contributed by atoms with Crippen LogP contribution in [0, 0.1) is 0 Å². The fourth-order valence-corrected chi connectivity index (χ4v) is 3.57. The third-order valence-electron chi connectivity index (χ3n) is 3.68. The highest BCUT2D eigenvalue weighted by Gasteiger charge is 2.22. The fraction of sp³-hybridized carbons (Fsp3) is 0.333. The number of methoxy groups -OCH3 is 2. The maximum atomic E-state index is 12.8. The molecule has 0 saturated heterocycles. The SMILES string of the molecule is CCOc1cccc(CN(C)S(=O)(=O)c2ccc(OC)c(OC)c2)c1. The van der Waals surface area contributed by atoms with E-state index in [-0.39, 0.29) is 11.4 Å². The summed E-state index contributed by atoms with van der Waals surface area (Å²) >= 11 is 0. The Morgan fingerprint density at radius 3 is 2.36 bits per heavy atom. The molecule has 0 bridgehead atoms. The average molecular weight is 365 g/mol. The summed E-state index contributed by atoms with van der Waals surface area (Å²) in [6.45, 7) is 2.70. The van der Waals surface area contributed by atoms with Gasteiger partial charge in [0.25, 0.3) is 0 Å². The molecule has 2 aromatic carbocycles. The van der Waals surface area contributed by atoms with Crippen LogP contribution in [0.4, 0.5) is 0 Å². The molecule has 7 heteroatoms. The van der Waals surface area contributed by atoms with E-state index in [2.05, 4.69) is 0 Å². The van der Waals surface area contributed by atoms with E-state index in [4.69, 9.17) is 14.2 Å². The van der Waals surface area contributed by atoms with E-state index < -0.39 is 10.0 Å². The topological polar surface area (TPSA) is 65.1 Å². The first kappa shape index (κ1) is 19.1. The van der Waals surface area contributed by atoms with E-state index in [9.17, 15) is 8.42 Å². The Bertz CT molecular complexity index is 820. The molecule has 0 unspecified atom stereocenters. The van der Waals surface area contributed by atoms with Gasteiger partial charge in [0, 0.05) is 19.7 Å². The molecule has 0 spiro atoms. The molecule has 0 fully saturated rings. The predicted octanol–water partition coefficient (Wildman–Crippen LogP) is 2.92. The van der Waals surface area contributed by atoms with Gasteiger partial charge in [0.15, 0.2) is 11.5 Å². The minimum absolute atomic E-state index is 0.147. The summed E-state index contributed by atoms with van der Waals surface area (Å²) in [6, 6.07) is 11.9. The first-order chi connectivity index (χ1) is 11.9. The maximum absolute atomic E-state index is 12.8. The second kappa shape index (κ2) is 8.22. The smallest absolute Gasteiger partial charge is 0.243 e. The Morgan fingerprint density at radius 1 is 1.00 bits per heavy atom. The van der Waals surface area contributed by atoms with Crippen LogP contribution < -0.4 is 14.2 Å². The van der Waals surface area contributed by atoms with E-state index in [0.29, 0.717) is 18.1 Å². The lowest BCUT2D eigenvalue weighted by molar-refractivity contribution is 0.339. The molecule has 2 aromatic rings. The van der Waals surface area contributed by atoms with Crippen molar-refractivity contribution in [3.8, 4) is 17.2 Å². The molecule has 0 radical (unpaired) electrons. The monoisotopic (exact) mass is 365 g/mol. The molecule has 136 valence electrons. The zero-order valence-corrected chi connectivity index (χ0v) is 15.7. The molecule has 0 heterocycles. The van der Waals surface area contributed by atoms with Gasteiger partial charge in [0.05, 0.1) is 25.7 Å². The second-order valence-corrected chi connectivity index (χ2v) is 7.40. The largest absolute Gasteiger partial charge is 0.494 e. The van der Waals surface area contributed by atoms with Gasteiger partial charge < -0.3 is 14.2 Å². The van der Waals surface area contributed by atoms with Crippen LogP contribution in [0.5, 0.6) is 17.2 Å². The average Bonchev–Trinajstić information content (AvgIpc) is 2.61. The highest BCUT2D eigenvalue weighted by Crippen LogP contribution is 2.30. The van der Waals surface area contributed by atoms with E-state index in [1.54, 1.807) is 13.1 Å². The van der Waals surface area contributed by atoms with E-state index in [1.165, 1.54) is 30.7 Å². The number of hydrogen-bond acceptors (Lipinski definition) is 5. The summed E-state index contributed by atoms with van der Waals surface area (Å²) < 4.78 is 42.7. The molecule has 6 nitrogen and oxygen atoms in total. The summed E-state index contributed by atoms with van der Waals surface area (Å²) in [4.78, 5) is 0.147. The van der Waals surface area contributed by atoms with Crippen LogP contribution >= 0.6 is 0 Å². The fourth-order valence-electron chi connectivity index (χ4n) is 2.40. The van der Waals surface area contributed by atoms with Crippen LogP contribution in [0.3, 0.4) is 0 Å². The van der Waals surface area contributed by atoms with Gasteiger partial charge in [-0.2, -0.15) is 4.31 Å². The Balaban J connectivity index is 2.25. The molecular weight excluding hydrogens is 342 g/mol. The predicted molar refractivity (Wildman–Crippen MR) is 95.8 cm³/mol. The summed E-state index contributed by atoms with van der Waals surface area (Å²) in [6.07, 6.45) is 0. The van der Waals surface area contributed by atoms with Gasteiger partial charge in [-0.05, 0) is 36.8 Å². The molecule has 0 aliphatic heterocycles. The van der Waals surface area contributed by atoms with Gasteiger partial charge in [-0.15, -0.1) is 0 Å². The van der Waals surface area contributed by atoms with Gasteiger partial charge >= 0.3 is 0 Å². The zero-order valence-electron chi connectivity index (χ0n) is 14.9. The van der Waals surface area contributed by atoms with Crippen LogP contribution in [0.2, 0.25) is 0 Å². The number of rotatable bonds is 8. The first-order valence-corrected chi connectivity index (χ1v) is 9.26. The number of benzene rings is 2. The van der Waals surface area contributed by atoms with Crippen molar-refractivity contribution in [2.75, 3.05) is 27.9 Å². The summed E-state index contributed by atoms with van der Waals surface area (Å²) in [7, 11) is 0.851. The lowest BCUT2D eigenvalue weighted by Gasteiger charge is -2.18. The van der Waals surface area contributed by atoms with Gasteiger partial charge in [-0.3, -0.25) is 0 Å². The van der Waals surface area contributed by atoms with Crippen molar-refractivity contribution in [1.29, 1.82) is 0 Å². The minimum atomic E-state index is -3.66. The third kappa shape index (κ3) is 4.43. The van der Waals surface area contributed by atoms with E-state index in [0.717, 1.165) is 11.3 Å². The molecule has 0 aromatic heterocycles. The zero-order chi connectivity index (χ0) is 18.4. The molecule has 0 aliphatic carbocycles. The van der Waals surface area contributed by atoms with Crippen molar-refractivity contribution in [2.24, 2.45) is 0 Å². The van der Waals surface area contributed by atoms with Crippen molar-refractivity contribution in [3.05, 3.63) is 48.0 Å². The highest BCUT2D eigenvalue weighted by atomic mass is 32.2. The van der Waals surface area contributed by atoms with Gasteiger partial charge in [-0.25, -0.2) is 8.42 Å². The van der Waals surface area contributed by atoms with Crippen LogP contribution in [0.15, 0.2) is 47.4 Å². The summed E-state index contributed by atoms with van der Waals surface area (Å²) in [5, 5.41) is 0. The lowest BCUT2D eigenvalue weighted by atomic mass is 10.2. The normalized spacial score (nSPS) is 11.4. The standard InChI is InChI=1S/C18H23NO5S/c1-5-24-15-8-6-7-14(11-15)13-19(2)25(20,21)16-9-10-17(22-3)18(12-16)23-4/h6-12H,5,13H2,1-4H3. The van der Waals surface area contributed by atoms with Crippen LogP contribution in [-0.4, -0.2) is 40.6 Å². The van der Waals surface area contributed by atoms with Crippen LogP contribution in [-0.2, 0) is 16.6 Å². The first-order valence-electron chi connectivity index (χ1n) is 7.82. The Morgan fingerprint density at radius 2 is 1.72 bits per heavy atom. The molecule has 0 atom stereocenters. The number of sulfonamides is 1. The van der Waals surface area contributed by atoms with E-state index in [1.807, 2.05) is 31.2 Å². The molecular formula is C18H23NO5S. The van der Waals surface area contributed by atoms with Gasteiger partial charge in [-0.1, -0.05) is 12.1 Å². The maximum Gasteiger partial charge on any atom is 0.243 e. The quantitative estimate of drug-likeness (QED) is 0.720. The van der Waals surface area contributed by atoms with Crippen LogP contribution in [0.25, 0.3) is 0 Å². The Kier molecular flexibility index (Phi) is 6.27. The summed E-state index contributed by atoms with van der Waals surface area (Å²) in [5.41, 5.74) is 0.845. The van der Waals surface area contributed by atoms with Gasteiger partial charge in [0.1, 0.15) is 5.75 Å². The van der Waals surface area contributed by atoms with Crippen molar-refractivity contribution < 1.29 is 22.6 Å². The Labute approximate surface area is 149 Å². The van der Waals surface area contributed by atoms with Crippen LogP contribution in [0.1, 0.15) is 12.5 Å². The lowest BCUT2D eigenvalue weighted by Crippen LogP contribution is -2.26. The van der Waals surface area contributed by atoms with Gasteiger partial charge in [0.2, 0.25) is 10.0 Å². The highest BCUT2D eigenvalue weighted by molar-refractivity contribution is 7.89. The Hall–Kier alpha value is -2.25. The summed E-state index contributed by atoms with van der Waals surface area (Å²) in [5.74, 6) is 1.57. The number of ether oxygens (including phenoxy) is 3. The van der Waals surface area contributed by atoms with Crippen molar-refractivity contribution in [3.63, 3.8) is 0 Å². The molecule has 0 saturated carbocycles. The molecule has 0 N–H and O–H groups in total. The molecule has 2 rings (SSSR count). The molecule has 0 amide bonds. The molecule has 25 heavy (non-hydrogen) atoms. The van der Waals surface area contributed by atoms with Crippen molar-refractivity contribution >= 4 is 10.0 Å². The third-order valence-corrected chi connectivity index (χ3v) is 5.48. The number of nitrogens with zero attached hydrogens (tertiary/aromatic N) is 1. The van der Waals surface area contributed by atoms with E-state index >= 15 is 0 Å². The van der Waals surface area contributed by atoms with Crippen molar-refractivity contribution in [1.82, 2.24) is 4.31 Å². The van der Waals surface area contributed by atoms with Crippen molar-refractivity contribution in [2.45, 2.75) is 18.4 Å². The second-order valence-electron chi connectivity index (χ2n) is 5.36.